The van der Waals surface area contributed by atoms with Crippen LogP contribution in [0.3, 0.4) is 0 Å². The molecule has 0 saturated carbocycles. The minimum atomic E-state index is -1.32. The first-order chi connectivity index (χ1) is 10.5. The van der Waals surface area contributed by atoms with E-state index in [0.29, 0.717) is 22.6 Å². The standard InChI is InChI=1S/C15H11FN2O3S/c1-2-18-7-10(15(20)21)13(19)9-5-11(16)8(6-12(9)18)14-17-3-4-22-14/h3-7H,2H2,1H3,(H,20,21). The van der Waals surface area contributed by atoms with Crippen molar-refractivity contribution < 1.29 is 14.3 Å². The highest BCUT2D eigenvalue weighted by atomic mass is 32.1. The molecular weight excluding hydrogens is 307 g/mol. The van der Waals surface area contributed by atoms with Crippen molar-refractivity contribution in [2.75, 3.05) is 0 Å². The van der Waals surface area contributed by atoms with Crippen LogP contribution in [-0.4, -0.2) is 20.6 Å². The molecule has 0 aliphatic rings. The second-order valence-electron chi connectivity index (χ2n) is 4.65. The number of carboxylic acids is 1. The van der Waals surface area contributed by atoms with Crippen LogP contribution >= 0.6 is 11.3 Å². The molecule has 7 heteroatoms. The van der Waals surface area contributed by atoms with Gasteiger partial charge >= 0.3 is 5.97 Å². The quantitative estimate of drug-likeness (QED) is 0.806. The molecule has 1 aromatic carbocycles. The third-order valence-electron chi connectivity index (χ3n) is 3.40. The Balaban J connectivity index is 2.40. The molecule has 0 fully saturated rings. The lowest BCUT2D eigenvalue weighted by Crippen LogP contribution is -2.19. The van der Waals surface area contributed by atoms with Gasteiger partial charge in [-0.1, -0.05) is 0 Å². The third kappa shape index (κ3) is 2.19. The fourth-order valence-electron chi connectivity index (χ4n) is 2.34. The van der Waals surface area contributed by atoms with Crippen LogP contribution in [0.5, 0.6) is 0 Å². The van der Waals surface area contributed by atoms with Crippen molar-refractivity contribution in [3.8, 4) is 10.6 Å². The summed E-state index contributed by atoms with van der Waals surface area (Å²) in [6.45, 7) is 2.28. The number of carbonyl (C=O) groups is 1. The van der Waals surface area contributed by atoms with Crippen LogP contribution in [0.1, 0.15) is 17.3 Å². The molecule has 1 N–H and O–H groups in total. The monoisotopic (exact) mass is 318 g/mol. The van der Waals surface area contributed by atoms with Gasteiger partial charge in [-0.25, -0.2) is 14.2 Å². The predicted octanol–water partition coefficient (Wildman–Crippen LogP) is 2.98. The number of fused-ring (bicyclic) bond motifs is 1. The van der Waals surface area contributed by atoms with E-state index in [1.54, 1.807) is 22.2 Å². The minimum absolute atomic E-state index is 0.0551. The van der Waals surface area contributed by atoms with Gasteiger partial charge in [-0.2, -0.15) is 0 Å². The van der Waals surface area contributed by atoms with Crippen LogP contribution in [0.2, 0.25) is 0 Å². The largest absolute Gasteiger partial charge is 0.477 e. The first-order valence-electron chi connectivity index (χ1n) is 6.52. The van der Waals surface area contributed by atoms with Crippen molar-refractivity contribution >= 4 is 28.2 Å². The lowest BCUT2D eigenvalue weighted by atomic mass is 10.1. The number of rotatable bonds is 3. The Morgan fingerprint density at radius 2 is 2.23 bits per heavy atom. The number of halogens is 1. The molecule has 5 nitrogen and oxygen atoms in total. The molecule has 2 heterocycles. The smallest absolute Gasteiger partial charge is 0.341 e. The summed E-state index contributed by atoms with van der Waals surface area (Å²) in [5, 5.41) is 11.4. The van der Waals surface area contributed by atoms with Gasteiger partial charge in [-0.05, 0) is 19.1 Å². The molecule has 112 valence electrons. The topological polar surface area (TPSA) is 72.2 Å². The van der Waals surface area contributed by atoms with E-state index in [-0.39, 0.29) is 10.9 Å². The number of pyridine rings is 1. The van der Waals surface area contributed by atoms with Gasteiger partial charge in [-0.3, -0.25) is 4.79 Å². The van der Waals surface area contributed by atoms with Crippen LogP contribution in [-0.2, 0) is 6.54 Å². The fraction of sp³-hybridized carbons (Fsp3) is 0.133. The lowest BCUT2D eigenvalue weighted by molar-refractivity contribution is 0.0695. The Labute approximate surface area is 128 Å². The molecule has 0 spiro atoms. The molecule has 0 aliphatic heterocycles. The summed E-state index contributed by atoms with van der Waals surface area (Å²) in [5.74, 6) is -1.91. The minimum Gasteiger partial charge on any atom is -0.477 e. The van der Waals surface area contributed by atoms with E-state index in [2.05, 4.69) is 4.98 Å². The predicted molar refractivity (Wildman–Crippen MR) is 81.9 cm³/mol. The van der Waals surface area contributed by atoms with Crippen molar-refractivity contribution in [3.63, 3.8) is 0 Å². The molecule has 0 radical (unpaired) electrons. The number of aromatic carboxylic acids is 1. The highest BCUT2D eigenvalue weighted by Gasteiger charge is 2.17. The van der Waals surface area contributed by atoms with Gasteiger partial charge in [0.15, 0.2) is 0 Å². The van der Waals surface area contributed by atoms with Gasteiger partial charge < -0.3 is 9.67 Å². The van der Waals surface area contributed by atoms with Gasteiger partial charge in [0, 0.05) is 35.3 Å². The van der Waals surface area contributed by atoms with Crippen LogP contribution in [0.4, 0.5) is 4.39 Å². The average Bonchev–Trinajstić information content (AvgIpc) is 3.01. The maximum absolute atomic E-state index is 14.3. The van der Waals surface area contributed by atoms with E-state index >= 15 is 0 Å². The summed E-state index contributed by atoms with van der Waals surface area (Å²) in [7, 11) is 0. The Morgan fingerprint density at radius 1 is 1.45 bits per heavy atom. The fourth-order valence-corrected chi connectivity index (χ4v) is 3.00. The Bertz CT molecular complexity index is 932. The maximum atomic E-state index is 14.3. The summed E-state index contributed by atoms with van der Waals surface area (Å²) in [4.78, 5) is 27.4. The molecule has 0 aliphatic carbocycles. The van der Waals surface area contributed by atoms with Crippen molar-refractivity contribution in [3.05, 3.63) is 51.5 Å². The van der Waals surface area contributed by atoms with Crippen molar-refractivity contribution in [1.82, 2.24) is 9.55 Å². The third-order valence-corrected chi connectivity index (χ3v) is 4.21. The number of hydrogen-bond donors (Lipinski definition) is 1. The Hall–Kier alpha value is -2.54. The van der Waals surface area contributed by atoms with E-state index in [1.807, 2.05) is 6.92 Å². The number of hydrogen-bond acceptors (Lipinski definition) is 4. The summed E-state index contributed by atoms with van der Waals surface area (Å²) < 4.78 is 15.9. The van der Waals surface area contributed by atoms with Crippen LogP contribution in [0.25, 0.3) is 21.5 Å². The normalized spacial score (nSPS) is 11.0. The van der Waals surface area contributed by atoms with Gasteiger partial charge in [0.1, 0.15) is 16.4 Å². The van der Waals surface area contributed by atoms with E-state index in [1.165, 1.54) is 17.5 Å². The number of benzene rings is 1. The molecule has 22 heavy (non-hydrogen) atoms. The van der Waals surface area contributed by atoms with Gasteiger partial charge in [0.25, 0.3) is 0 Å². The van der Waals surface area contributed by atoms with E-state index in [9.17, 15) is 14.0 Å². The van der Waals surface area contributed by atoms with E-state index < -0.39 is 17.2 Å². The van der Waals surface area contributed by atoms with E-state index in [0.717, 1.165) is 6.07 Å². The number of thiazole rings is 1. The maximum Gasteiger partial charge on any atom is 0.341 e. The number of aromatic nitrogens is 2. The molecule has 3 aromatic rings. The zero-order chi connectivity index (χ0) is 15.9. The Kier molecular flexibility index (Phi) is 3.50. The van der Waals surface area contributed by atoms with Crippen molar-refractivity contribution in [2.45, 2.75) is 13.5 Å². The van der Waals surface area contributed by atoms with Gasteiger partial charge in [0.2, 0.25) is 5.43 Å². The SMILES string of the molecule is CCn1cc(C(=O)O)c(=O)c2cc(F)c(-c3nccs3)cc21. The highest BCUT2D eigenvalue weighted by molar-refractivity contribution is 7.13. The van der Waals surface area contributed by atoms with Crippen LogP contribution < -0.4 is 5.43 Å². The molecule has 0 atom stereocenters. The first kappa shape index (κ1) is 14.4. The Morgan fingerprint density at radius 3 is 2.82 bits per heavy atom. The second-order valence-corrected chi connectivity index (χ2v) is 5.54. The zero-order valence-electron chi connectivity index (χ0n) is 11.5. The summed E-state index contributed by atoms with van der Waals surface area (Å²) in [6.07, 6.45) is 2.86. The number of nitrogens with zero attached hydrogens (tertiary/aromatic N) is 2. The van der Waals surface area contributed by atoms with Gasteiger partial charge in [0.05, 0.1) is 5.52 Å². The lowest BCUT2D eigenvalue weighted by Gasteiger charge is -2.11. The van der Waals surface area contributed by atoms with E-state index in [4.69, 9.17) is 5.11 Å². The molecule has 0 amide bonds. The van der Waals surface area contributed by atoms with Crippen molar-refractivity contribution in [1.29, 1.82) is 0 Å². The number of aryl methyl sites for hydroxylation is 1. The molecule has 3 rings (SSSR count). The average molecular weight is 318 g/mol. The van der Waals surface area contributed by atoms with Crippen LogP contribution in [0.15, 0.2) is 34.7 Å². The molecule has 2 aromatic heterocycles. The van der Waals surface area contributed by atoms with Crippen LogP contribution in [0, 0.1) is 5.82 Å². The highest BCUT2D eigenvalue weighted by Crippen LogP contribution is 2.28. The summed E-state index contributed by atoms with van der Waals surface area (Å²) >= 11 is 1.29. The first-order valence-corrected chi connectivity index (χ1v) is 7.40. The summed E-state index contributed by atoms with van der Waals surface area (Å²) in [6, 6.07) is 2.63. The molecule has 0 saturated heterocycles. The molecule has 0 unspecified atom stereocenters. The zero-order valence-corrected chi connectivity index (χ0v) is 12.4. The summed E-state index contributed by atoms with van der Waals surface area (Å²) in [5.41, 5.74) is -0.260. The molecular formula is C15H11FN2O3S. The second kappa shape index (κ2) is 5.34. The van der Waals surface area contributed by atoms with Crippen molar-refractivity contribution in [2.24, 2.45) is 0 Å². The molecule has 0 bridgehead atoms. The van der Waals surface area contributed by atoms with Gasteiger partial charge in [-0.15, -0.1) is 11.3 Å². The number of carboxylic acid groups (broad SMARTS) is 1.